The van der Waals surface area contributed by atoms with Gasteiger partial charge in [-0.1, -0.05) is 42.5 Å². The SMILES string of the molecule is CN1CCC(c2cc3c(-c4cccc(NCCCc5ccccc5)n4)ccnc3[nH]2)CC1.Fc1cccc(-c2ccnc3[nH]c(C4CCNCC4)cc23)n1. The summed E-state index contributed by atoms with van der Waals surface area (Å²) in [6.45, 7) is 5.30. The number of hydrogen-bond donors (Lipinski definition) is 4. The zero-order chi connectivity index (χ0) is 36.7. The van der Waals surface area contributed by atoms with Gasteiger partial charge in [0.05, 0.1) is 11.4 Å². The number of rotatable bonds is 9. The first-order valence-corrected chi connectivity index (χ1v) is 19.3. The van der Waals surface area contributed by atoms with E-state index in [4.69, 9.17) is 4.98 Å². The van der Waals surface area contributed by atoms with Gasteiger partial charge in [-0.25, -0.2) is 19.9 Å². The summed E-state index contributed by atoms with van der Waals surface area (Å²) in [6, 6.07) is 30.2. The quantitative estimate of drug-likeness (QED) is 0.0872. The monoisotopic (exact) mass is 721 g/mol. The minimum Gasteiger partial charge on any atom is -0.370 e. The van der Waals surface area contributed by atoms with Crippen LogP contribution in [0.1, 0.15) is 60.9 Å². The van der Waals surface area contributed by atoms with Gasteiger partial charge in [0.1, 0.15) is 17.1 Å². The third-order valence-electron chi connectivity index (χ3n) is 10.9. The largest absolute Gasteiger partial charge is 0.370 e. The number of hydrogen-bond acceptors (Lipinski definition) is 7. The second-order valence-electron chi connectivity index (χ2n) is 14.6. The van der Waals surface area contributed by atoms with Gasteiger partial charge >= 0.3 is 0 Å². The van der Waals surface area contributed by atoms with Crippen molar-refractivity contribution in [2.24, 2.45) is 0 Å². The van der Waals surface area contributed by atoms with Crippen LogP contribution in [-0.4, -0.2) is 74.6 Å². The third-order valence-corrected chi connectivity index (χ3v) is 10.9. The van der Waals surface area contributed by atoms with Crippen LogP contribution in [0.3, 0.4) is 0 Å². The number of likely N-dealkylation sites (tertiary alicyclic amines) is 1. The molecule has 4 N–H and O–H groups in total. The highest BCUT2D eigenvalue weighted by Crippen LogP contribution is 2.34. The zero-order valence-corrected chi connectivity index (χ0v) is 30.9. The molecular formula is C44H48FN9. The van der Waals surface area contributed by atoms with Gasteiger partial charge in [0.2, 0.25) is 5.95 Å². The Bertz CT molecular complexity index is 2280. The number of nitrogens with zero attached hydrogens (tertiary/aromatic N) is 5. The molecule has 10 heteroatoms. The average molecular weight is 722 g/mol. The molecule has 8 heterocycles. The number of benzene rings is 1. The molecule has 276 valence electrons. The van der Waals surface area contributed by atoms with Crippen molar-refractivity contribution in [1.82, 2.24) is 40.1 Å². The molecule has 54 heavy (non-hydrogen) atoms. The third kappa shape index (κ3) is 8.35. The van der Waals surface area contributed by atoms with Crippen LogP contribution in [0.5, 0.6) is 0 Å². The highest BCUT2D eigenvalue weighted by molar-refractivity contribution is 5.93. The summed E-state index contributed by atoms with van der Waals surface area (Å²) in [6.07, 6.45) is 10.4. The van der Waals surface area contributed by atoms with Crippen LogP contribution >= 0.6 is 0 Å². The molecule has 0 atom stereocenters. The van der Waals surface area contributed by atoms with Crippen LogP contribution < -0.4 is 10.6 Å². The summed E-state index contributed by atoms with van der Waals surface area (Å²) in [7, 11) is 2.20. The Morgan fingerprint density at radius 3 is 1.96 bits per heavy atom. The minimum atomic E-state index is -0.462. The summed E-state index contributed by atoms with van der Waals surface area (Å²) >= 11 is 0. The molecule has 2 fully saturated rings. The number of aromatic nitrogens is 6. The number of pyridine rings is 4. The van der Waals surface area contributed by atoms with E-state index in [2.05, 4.69) is 108 Å². The lowest BCUT2D eigenvalue weighted by atomic mass is 9.93. The number of aryl methyl sites for hydroxylation is 1. The van der Waals surface area contributed by atoms with Gasteiger partial charge in [0.15, 0.2) is 0 Å². The molecule has 9 rings (SSSR count). The lowest BCUT2D eigenvalue weighted by Gasteiger charge is -2.28. The fraction of sp³-hybridized carbons (Fsp3) is 0.318. The van der Waals surface area contributed by atoms with Crippen LogP contribution in [0.2, 0.25) is 0 Å². The molecule has 2 saturated heterocycles. The van der Waals surface area contributed by atoms with Gasteiger partial charge in [-0.05, 0) is 126 Å². The van der Waals surface area contributed by atoms with Crippen molar-refractivity contribution < 1.29 is 4.39 Å². The lowest BCUT2D eigenvalue weighted by molar-refractivity contribution is 0.254. The number of halogens is 1. The van der Waals surface area contributed by atoms with Crippen molar-refractivity contribution in [2.45, 2.75) is 50.4 Å². The molecule has 2 aliphatic heterocycles. The Hall–Kier alpha value is -5.45. The minimum absolute atomic E-state index is 0.462. The normalized spacial score (nSPS) is 15.7. The van der Waals surface area contributed by atoms with Crippen molar-refractivity contribution in [2.75, 3.05) is 45.1 Å². The summed E-state index contributed by atoms with van der Waals surface area (Å²) < 4.78 is 13.4. The van der Waals surface area contributed by atoms with Gasteiger partial charge in [-0.15, -0.1) is 0 Å². The molecule has 7 aromatic rings. The smallest absolute Gasteiger partial charge is 0.213 e. The number of aromatic amines is 2. The molecule has 1 aromatic carbocycles. The predicted molar refractivity (Wildman–Crippen MR) is 216 cm³/mol. The summed E-state index contributed by atoms with van der Waals surface area (Å²) in [5.74, 6) is 1.57. The van der Waals surface area contributed by atoms with E-state index in [0.29, 0.717) is 17.5 Å². The second kappa shape index (κ2) is 16.7. The molecular weight excluding hydrogens is 674 g/mol. The van der Waals surface area contributed by atoms with Crippen LogP contribution in [0.15, 0.2) is 103 Å². The Labute approximate surface area is 315 Å². The predicted octanol–water partition coefficient (Wildman–Crippen LogP) is 8.71. The number of nitrogens with one attached hydrogen (secondary N) is 4. The van der Waals surface area contributed by atoms with E-state index < -0.39 is 5.95 Å². The van der Waals surface area contributed by atoms with Crippen LogP contribution in [0.25, 0.3) is 44.6 Å². The van der Waals surface area contributed by atoms with E-state index in [1.54, 1.807) is 12.3 Å². The average Bonchev–Trinajstić information content (AvgIpc) is 3.86. The van der Waals surface area contributed by atoms with Crippen LogP contribution in [-0.2, 0) is 6.42 Å². The fourth-order valence-electron chi connectivity index (χ4n) is 7.83. The van der Waals surface area contributed by atoms with Gasteiger partial charge in [0.25, 0.3) is 0 Å². The molecule has 9 nitrogen and oxygen atoms in total. The number of fused-ring (bicyclic) bond motifs is 2. The molecule has 0 radical (unpaired) electrons. The molecule has 0 unspecified atom stereocenters. The van der Waals surface area contributed by atoms with Crippen molar-refractivity contribution >= 4 is 27.9 Å². The Kier molecular flexibility index (Phi) is 11.0. The lowest BCUT2D eigenvalue weighted by Crippen LogP contribution is -2.29. The van der Waals surface area contributed by atoms with Crippen molar-refractivity contribution in [3.63, 3.8) is 0 Å². The van der Waals surface area contributed by atoms with E-state index in [9.17, 15) is 4.39 Å². The Morgan fingerprint density at radius 2 is 1.31 bits per heavy atom. The first-order valence-electron chi connectivity index (χ1n) is 19.3. The Morgan fingerprint density at radius 1 is 0.704 bits per heavy atom. The van der Waals surface area contributed by atoms with E-state index in [0.717, 1.165) is 103 Å². The van der Waals surface area contributed by atoms with Gasteiger partial charge in [0, 0.05) is 64.1 Å². The summed E-state index contributed by atoms with van der Waals surface area (Å²) in [5.41, 5.74) is 9.39. The maximum atomic E-state index is 13.4. The summed E-state index contributed by atoms with van der Waals surface area (Å²) in [5, 5.41) is 9.05. The highest BCUT2D eigenvalue weighted by atomic mass is 19.1. The molecule has 0 amide bonds. The first-order chi connectivity index (χ1) is 26.6. The summed E-state index contributed by atoms with van der Waals surface area (Å²) in [4.78, 5) is 27.3. The van der Waals surface area contributed by atoms with Crippen molar-refractivity contribution in [1.29, 1.82) is 0 Å². The number of piperidine rings is 2. The van der Waals surface area contributed by atoms with Crippen LogP contribution in [0.4, 0.5) is 10.2 Å². The van der Waals surface area contributed by atoms with E-state index in [1.165, 1.54) is 35.9 Å². The molecule has 0 aliphatic carbocycles. The van der Waals surface area contributed by atoms with E-state index >= 15 is 0 Å². The van der Waals surface area contributed by atoms with Crippen molar-refractivity contribution in [3.05, 3.63) is 126 Å². The second-order valence-corrected chi connectivity index (χ2v) is 14.6. The molecule has 6 aromatic heterocycles. The maximum absolute atomic E-state index is 13.4. The standard InChI is InChI=1S/C27H31N5.C17H17FN4/c1-32-17-13-21(14-18-32)25-19-23-22(12-16-29-27(23)31-25)24-10-5-11-26(30-24)28-15-6-9-20-7-3-2-4-8-20;18-16-3-1-2-14(21-16)12-6-9-20-17-13(12)10-15(22-17)11-4-7-19-8-5-11/h2-5,7-8,10-12,16,19,21H,6,9,13-15,17-18H2,1H3,(H,28,30)(H,29,31);1-3,6,9-11,19H,4-5,7-8H2,(H,20,22). The van der Waals surface area contributed by atoms with Crippen LogP contribution in [0, 0.1) is 5.95 Å². The molecule has 2 aliphatic rings. The Balaban J connectivity index is 0.000000164. The number of anilines is 1. The molecule has 0 bridgehead atoms. The van der Waals surface area contributed by atoms with E-state index in [-0.39, 0.29) is 0 Å². The first kappa shape index (κ1) is 35.6. The maximum Gasteiger partial charge on any atom is 0.213 e. The van der Waals surface area contributed by atoms with Gasteiger partial charge in [-0.2, -0.15) is 4.39 Å². The van der Waals surface area contributed by atoms with Gasteiger partial charge < -0.3 is 25.5 Å². The van der Waals surface area contributed by atoms with E-state index in [1.807, 2.05) is 24.4 Å². The number of H-pyrrole nitrogens is 2. The molecule has 0 spiro atoms. The highest BCUT2D eigenvalue weighted by Gasteiger charge is 2.22. The molecule has 0 saturated carbocycles. The fourth-order valence-corrected chi connectivity index (χ4v) is 7.83. The van der Waals surface area contributed by atoms with Gasteiger partial charge in [-0.3, -0.25) is 0 Å². The zero-order valence-electron chi connectivity index (χ0n) is 30.9. The topological polar surface area (TPSA) is 110 Å². The van der Waals surface area contributed by atoms with Crippen molar-refractivity contribution in [3.8, 4) is 22.5 Å².